The van der Waals surface area contributed by atoms with Crippen molar-refractivity contribution < 1.29 is 4.39 Å². The molecule has 0 saturated heterocycles. The smallest absolute Gasteiger partial charge is 0.128 e. The van der Waals surface area contributed by atoms with Crippen LogP contribution in [0.3, 0.4) is 0 Å². The standard InChI is InChI=1S/C17H18Br2FN/c1-3-8-21-17(12-4-6-15(19)11(2)9-12)14-10-13(18)5-7-16(14)20/h4-7,9-10,17,21H,3,8H2,1-2H3. The van der Waals surface area contributed by atoms with Crippen molar-refractivity contribution in [2.45, 2.75) is 26.3 Å². The van der Waals surface area contributed by atoms with Gasteiger partial charge in [0.05, 0.1) is 6.04 Å². The lowest BCUT2D eigenvalue weighted by Gasteiger charge is -2.21. The van der Waals surface area contributed by atoms with E-state index in [0.717, 1.165) is 33.0 Å². The fraction of sp³-hybridized carbons (Fsp3) is 0.294. The van der Waals surface area contributed by atoms with Crippen LogP contribution in [0.25, 0.3) is 0 Å². The van der Waals surface area contributed by atoms with E-state index in [1.165, 1.54) is 6.07 Å². The van der Waals surface area contributed by atoms with Crippen molar-refractivity contribution >= 4 is 31.9 Å². The van der Waals surface area contributed by atoms with Crippen LogP contribution in [0, 0.1) is 12.7 Å². The Kier molecular flexibility index (Phi) is 5.97. The van der Waals surface area contributed by atoms with Crippen LogP contribution in [0.4, 0.5) is 4.39 Å². The van der Waals surface area contributed by atoms with Crippen LogP contribution in [0.15, 0.2) is 45.3 Å². The second-order valence-electron chi connectivity index (χ2n) is 5.06. The number of rotatable bonds is 5. The van der Waals surface area contributed by atoms with Crippen LogP contribution in [-0.2, 0) is 0 Å². The second-order valence-corrected chi connectivity index (χ2v) is 6.83. The van der Waals surface area contributed by atoms with Gasteiger partial charge in [-0.05, 0) is 55.3 Å². The highest BCUT2D eigenvalue weighted by Gasteiger charge is 2.18. The molecule has 0 aliphatic carbocycles. The first kappa shape index (κ1) is 16.7. The third kappa shape index (κ3) is 4.15. The van der Waals surface area contributed by atoms with Crippen molar-refractivity contribution in [3.63, 3.8) is 0 Å². The molecule has 0 fully saturated rings. The molecule has 1 nitrogen and oxygen atoms in total. The Morgan fingerprint density at radius 3 is 2.57 bits per heavy atom. The molecule has 21 heavy (non-hydrogen) atoms. The molecule has 2 aromatic carbocycles. The Morgan fingerprint density at radius 1 is 1.14 bits per heavy atom. The third-order valence-corrected chi connectivity index (χ3v) is 4.77. The van der Waals surface area contributed by atoms with Gasteiger partial charge in [-0.15, -0.1) is 0 Å². The lowest BCUT2D eigenvalue weighted by molar-refractivity contribution is 0.546. The molecule has 0 aliphatic rings. The lowest BCUT2D eigenvalue weighted by Crippen LogP contribution is -2.24. The molecule has 2 rings (SSSR count). The van der Waals surface area contributed by atoms with E-state index in [1.807, 2.05) is 25.1 Å². The van der Waals surface area contributed by atoms with Crippen molar-refractivity contribution in [3.8, 4) is 0 Å². The molecule has 0 amide bonds. The zero-order chi connectivity index (χ0) is 15.4. The minimum atomic E-state index is -0.188. The summed E-state index contributed by atoms with van der Waals surface area (Å²) >= 11 is 6.94. The first-order chi connectivity index (χ1) is 10.0. The molecule has 0 aliphatic heterocycles. The number of hydrogen-bond acceptors (Lipinski definition) is 1. The average Bonchev–Trinajstić information content (AvgIpc) is 2.46. The molecular weight excluding hydrogens is 397 g/mol. The van der Waals surface area contributed by atoms with Crippen molar-refractivity contribution in [2.75, 3.05) is 6.54 Å². The summed E-state index contributed by atoms with van der Waals surface area (Å²) < 4.78 is 16.2. The number of aryl methyl sites for hydroxylation is 1. The third-order valence-electron chi connectivity index (χ3n) is 3.38. The molecule has 1 N–H and O–H groups in total. The number of nitrogens with one attached hydrogen (secondary N) is 1. The maximum Gasteiger partial charge on any atom is 0.128 e. The van der Waals surface area contributed by atoms with Crippen LogP contribution >= 0.6 is 31.9 Å². The molecule has 1 unspecified atom stereocenters. The van der Waals surface area contributed by atoms with Gasteiger partial charge in [-0.25, -0.2) is 4.39 Å². The predicted molar refractivity (Wildman–Crippen MR) is 93.1 cm³/mol. The second kappa shape index (κ2) is 7.52. The first-order valence-corrected chi connectivity index (χ1v) is 8.56. The van der Waals surface area contributed by atoms with Crippen molar-refractivity contribution in [1.82, 2.24) is 5.32 Å². The number of benzene rings is 2. The van der Waals surface area contributed by atoms with Crippen molar-refractivity contribution in [3.05, 3.63) is 67.9 Å². The van der Waals surface area contributed by atoms with Crippen LogP contribution in [0.5, 0.6) is 0 Å². The minimum absolute atomic E-state index is 0.144. The van der Waals surface area contributed by atoms with E-state index < -0.39 is 0 Å². The minimum Gasteiger partial charge on any atom is -0.306 e. The maximum atomic E-state index is 14.2. The molecule has 2 aromatic rings. The zero-order valence-corrected chi connectivity index (χ0v) is 15.3. The number of hydrogen-bond donors (Lipinski definition) is 1. The topological polar surface area (TPSA) is 12.0 Å². The summed E-state index contributed by atoms with van der Waals surface area (Å²) in [5, 5.41) is 3.44. The van der Waals surface area contributed by atoms with Gasteiger partial charge in [0.2, 0.25) is 0 Å². The van der Waals surface area contributed by atoms with Gasteiger partial charge in [0.15, 0.2) is 0 Å². The molecule has 0 aromatic heterocycles. The van der Waals surface area contributed by atoms with E-state index in [9.17, 15) is 4.39 Å². The molecule has 112 valence electrons. The Hall–Kier alpha value is -0.710. The molecule has 1 atom stereocenters. The zero-order valence-electron chi connectivity index (χ0n) is 12.1. The van der Waals surface area contributed by atoms with Crippen LogP contribution in [-0.4, -0.2) is 6.54 Å². The Morgan fingerprint density at radius 2 is 1.90 bits per heavy atom. The largest absolute Gasteiger partial charge is 0.306 e. The molecule has 0 radical (unpaired) electrons. The van der Waals surface area contributed by atoms with Crippen molar-refractivity contribution in [2.24, 2.45) is 0 Å². The van der Waals surface area contributed by atoms with Gasteiger partial charge in [-0.3, -0.25) is 0 Å². The van der Waals surface area contributed by atoms with E-state index in [2.05, 4.69) is 50.2 Å². The summed E-state index contributed by atoms with van der Waals surface area (Å²) in [5.74, 6) is -0.188. The molecule has 0 spiro atoms. The average molecular weight is 415 g/mol. The van der Waals surface area contributed by atoms with Crippen LogP contribution < -0.4 is 5.32 Å². The van der Waals surface area contributed by atoms with Gasteiger partial charge in [0.1, 0.15) is 5.82 Å². The van der Waals surface area contributed by atoms with Crippen molar-refractivity contribution in [1.29, 1.82) is 0 Å². The van der Waals surface area contributed by atoms with E-state index in [-0.39, 0.29) is 11.9 Å². The summed E-state index contributed by atoms with van der Waals surface area (Å²) in [7, 11) is 0. The number of halogens is 3. The van der Waals surface area contributed by atoms with E-state index in [0.29, 0.717) is 5.56 Å². The predicted octanol–water partition coefficient (Wildman–Crippen LogP) is 5.75. The molecule has 0 heterocycles. The monoisotopic (exact) mass is 413 g/mol. The Balaban J connectivity index is 2.46. The fourth-order valence-corrected chi connectivity index (χ4v) is 2.90. The van der Waals surface area contributed by atoms with Gasteiger partial charge in [-0.2, -0.15) is 0 Å². The van der Waals surface area contributed by atoms with Gasteiger partial charge >= 0.3 is 0 Å². The first-order valence-electron chi connectivity index (χ1n) is 6.97. The fourth-order valence-electron chi connectivity index (χ4n) is 2.28. The van der Waals surface area contributed by atoms with E-state index in [1.54, 1.807) is 6.07 Å². The Bertz CT molecular complexity index is 628. The highest BCUT2D eigenvalue weighted by molar-refractivity contribution is 9.10. The van der Waals surface area contributed by atoms with Crippen LogP contribution in [0.1, 0.15) is 36.1 Å². The summed E-state index contributed by atoms with van der Waals surface area (Å²) in [6.45, 7) is 4.99. The Labute approximate surface area is 142 Å². The normalized spacial score (nSPS) is 12.4. The summed E-state index contributed by atoms with van der Waals surface area (Å²) in [6.07, 6.45) is 1.00. The molecular formula is C17H18Br2FN. The van der Waals surface area contributed by atoms with Gasteiger partial charge in [-0.1, -0.05) is 50.9 Å². The highest BCUT2D eigenvalue weighted by atomic mass is 79.9. The quantitative estimate of drug-likeness (QED) is 0.656. The SMILES string of the molecule is CCCNC(c1ccc(Br)c(C)c1)c1cc(Br)ccc1F. The molecule has 0 bridgehead atoms. The summed E-state index contributed by atoms with van der Waals surface area (Å²) in [6, 6.07) is 11.1. The van der Waals surface area contributed by atoms with Gasteiger partial charge in [0, 0.05) is 14.5 Å². The summed E-state index contributed by atoms with van der Waals surface area (Å²) in [5.41, 5.74) is 2.88. The van der Waals surface area contributed by atoms with E-state index >= 15 is 0 Å². The summed E-state index contributed by atoms with van der Waals surface area (Å²) in [4.78, 5) is 0. The van der Waals surface area contributed by atoms with Gasteiger partial charge in [0.25, 0.3) is 0 Å². The highest BCUT2D eigenvalue weighted by Crippen LogP contribution is 2.29. The van der Waals surface area contributed by atoms with Crippen LogP contribution in [0.2, 0.25) is 0 Å². The molecule has 0 saturated carbocycles. The lowest BCUT2D eigenvalue weighted by atomic mass is 9.96. The van der Waals surface area contributed by atoms with E-state index in [4.69, 9.17) is 0 Å². The molecule has 4 heteroatoms. The maximum absolute atomic E-state index is 14.2. The van der Waals surface area contributed by atoms with Gasteiger partial charge < -0.3 is 5.32 Å².